The van der Waals surface area contributed by atoms with Crippen LogP contribution in [0.25, 0.3) is 0 Å². The molecule has 72 heavy (non-hydrogen) atoms. The second-order valence-corrected chi connectivity index (χ2v) is 23.7. The van der Waals surface area contributed by atoms with Crippen molar-refractivity contribution in [1.82, 2.24) is 19.9 Å². The molecule has 4 aromatic rings. The SMILES string of the molecule is CC[C@H]1C[C@@H](c2cnc(S(C)(=O)=O)nc2OCc2ccc(OC)cc2)[C@]2(C)OC(C)(C)O[C@H]12.CC[C@H]1N=C[C@]2(C)OC(C)(C)O[C@H]12.COc1ccc(COc2nc(S(C)(=O)=O)ncc2Br)cc1.[CH2-]CCC.[Li+]. The topological polar surface area (TPSA) is 206 Å². The van der Waals surface area contributed by atoms with Gasteiger partial charge in [-0.3, -0.25) is 4.99 Å². The Kier molecular flexibility index (Phi) is 21.3. The fourth-order valence-electron chi connectivity index (χ4n) is 8.84. The Hall–Kier alpha value is -3.71. The number of aromatic nitrogens is 4. The van der Waals surface area contributed by atoms with Crippen LogP contribution in [0.5, 0.6) is 23.3 Å². The maximum absolute atomic E-state index is 12.2. The Balaban J connectivity index is 0.000000245. The third-order valence-electron chi connectivity index (χ3n) is 12.3. The third-order valence-corrected chi connectivity index (χ3v) is 14.5. The summed E-state index contributed by atoms with van der Waals surface area (Å²) in [5.41, 5.74) is 1.65. The summed E-state index contributed by atoms with van der Waals surface area (Å²) in [5, 5.41) is -0.526. The van der Waals surface area contributed by atoms with Gasteiger partial charge < -0.3 is 44.8 Å². The smallest absolute Gasteiger partial charge is 0.497 e. The Morgan fingerprint density at radius 2 is 1.18 bits per heavy atom. The maximum atomic E-state index is 12.2. The second-order valence-electron chi connectivity index (χ2n) is 19.0. The van der Waals surface area contributed by atoms with Crippen molar-refractivity contribution in [3.63, 3.8) is 0 Å². The van der Waals surface area contributed by atoms with Crippen molar-refractivity contribution in [3.8, 4) is 23.3 Å². The number of hydrogen-bond donors (Lipinski definition) is 0. The molecule has 3 aliphatic heterocycles. The molecule has 0 N–H and O–H groups in total. The van der Waals surface area contributed by atoms with Crippen molar-refractivity contribution in [3.05, 3.63) is 89.0 Å². The zero-order chi connectivity index (χ0) is 52.6. The van der Waals surface area contributed by atoms with Gasteiger partial charge in [0, 0.05) is 42.6 Å². The van der Waals surface area contributed by atoms with Crippen LogP contribution in [0.4, 0.5) is 0 Å². The zero-order valence-electron chi connectivity index (χ0n) is 44.2. The summed E-state index contributed by atoms with van der Waals surface area (Å²) in [6.45, 7) is 22.3. The average Bonchev–Trinajstić information content (AvgIpc) is 3.95. The first-order valence-electron chi connectivity index (χ1n) is 23.7. The molecule has 0 bridgehead atoms. The molecule has 3 fully saturated rings. The van der Waals surface area contributed by atoms with Crippen LogP contribution in [0.1, 0.15) is 117 Å². The van der Waals surface area contributed by atoms with Crippen LogP contribution in [0, 0.1) is 12.8 Å². The van der Waals surface area contributed by atoms with E-state index in [2.05, 4.69) is 75.5 Å². The van der Waals surface area contributed by atoms with E-state index in [9.17, 15) is 16.8 Å². The van der Waals surface area contributed by atoms with Crippen molar-refractivity contribution in [2.75, 3.05) is 26.7 Å². The summed E-state index contributed by atoms with van der Waals surface area (Å²) in [5.74, 6) is 0.971. The van der Waals surface area contributed by atoms with Crippen LogP contribution in [0.15, 0.2) is 80.7 Å². The van der Waals surface area contributed by atoms with Crippen LogP contribution < -0.4 is 37.8 Å². The molecule has 5 heterocycles. The Labute approximate surface area is 447 Å². The molecule has 0 unspecified atom stereocenters. The van der Waals surface area contributed by atoms with E-state index in [0.717, 1.165) is 66.4 Å². The van der Waals surface area contributed by atoms with Crippen molar-refractivity contribution < 1.29 is 73.6 Å². The van der Waals surface area contributed by atoms with Gasteiger partial charge in [0.1, 0.15) is 42.0 Å². The van der Waals surface area contributed by atoms with Gasteiger partial charge in [0.05, 0.1) is 30.8 Å². The molecule has 0 amide bonds. The van der Waals surface area contributed by atoms with E-state index >= 15 is 0 Å². The number of ether oxygens (including phenoxy) is 8. The Bertz CT molecular complexity index is 2660. The number of halogens is 1. The molecule has 392 valence electrons. The molecule has 1 saturated carbocycles. The second kappa shape index (κ2) is 25.2. The maximum Gasteiger partial charge on any atom is 1.00 e. The molecule has 1 aliphatic carbocycles. The van der Waals surface area contributed by atoms with E-state index in [-0.39, 0.29) is 83.9 Å². The van der Waals surface area contributed by atoms with Crippen molar-refractivity contribution >= 4 is 41.8 Å². The van der Waals surface area contributed by atoms with Crippen molar-refractivity contribution in [2.45, 2.75) is 165 Å². The van der Waals surface area contributed by atoms with Crippen LogP contribution in [0.2, 0.25) is 0 Å². The molecule has 2 aromatic heterocycles. The van der Waals surface area contributed by atoms with Gasteiger partial charge in [-0.05, 0) is 112 Å². The summed E-state index contributed by atoms with van der Waals surface area (Å²) >= 11 is 3.23. The van der Waals surface area contributed by atoms with E-state index in [1.807, 2.05) is 89.4 Å². The van der Waals surface area contributed by atoms with Crippen molar-refractivity contribution in [2.24, 2.45) is 10.9 Å². The van der Waals surface area contributed by atoms with Gasteiger partial charge in [-0.2, -0.15) is 16.4 Å². The summed E-state index contributed by atoms with van der Waals surface area (Å²) in [7, 11) is -3.87. The molecule has 8 rings (SSSR count). The number of hydrogen-bond acceptors (Lipinski definition) is 17. The number of nitrogens with zero attached hydrogens (tertiary/aromatic N) is 5. The molecule has 17 nitrogen and oxygen atoms in total. The fourth-order valence-corrected chi connectivity index (χ4v) is 10.1. The van der Waals surface area contributed by atoms with Gasteiger partial charge in [-0.15, -0.1) is 0 Å². The minimum atomic E-state index is -3.60. The zero-order valence-corrected chi connectivity index (χ0v) is 47.4. The minimum absolute atomic E-state index is 0. The normalized spacial score (nSPS) is 25.2. The Morgan fingerprint density at radius 3 is 1.65 bits per heavy atom. The number of benzene rings is 2. The number of fused-ring (bicyclic) bond motifs is 2. The molecule has 4 aliphatic rings. The number of sulfone groups is 2. The standard InChI is InChI=1S/C24H32N2O6S.C13H13BrN2O4S.C10H17NO2.C4H9.Li/c1-7-16-12-19(24(4)20(16)31-23(2,3)32-24)18-13-25-22(33(6,27)28)26-21(18)30-14-15-8-10-17(29-5)11-9-15;1-19-10-5-3-9(4-6-10)8-20-12-11(14)7-15-13(16-12)21(2,17)18;1-5-7-8-10(4,6-11-7)13-9(2,3)12-8;1-3-4-2;/h8-11,13,16,19-20H,7,12,14H2,1-6H3;3-7H,8H2,1-2H3;6-8H,5H2,1-4H3;1,3-4H2,2H3;/q;;;-1;+1/t16-,19-,20+,24-;;7-,8-,10+;;/m0.1../s1. The Morgan fingerprint density at radius 1 is 0.708 bits per heavy atom. The van der Waals surface area contributed by atoms with Crippen LogP contribution in [-0.4, -0.2) is 111 Å². The van der Waals surface area contributed by atoms with E-state index < -0.39 is 36.8 Å². The number of aliphatic imine (C=N–C) groups is 1. The molecule has 0 radical (unpaired) electrons. The first-order valence-corrected chi connectivity index (χ1v) is 28.2. The summed E-state index contributed by atoms with van der Waals surface area (Å²) in [6, 6.07) is 15.1. The predicted octanol–water partition coefficient (Wildman–Crippen LogP) is 6.51. The fraction of sp³-hybridized carbons (Fsp3) is 0.569. The van der Waals surface area contributed by atoms with Gasteiger partial charge in [0.2, 0.25) is 41.7 Å². The predicted molar refractivity (Wildman–Crippen MR) is 273 cm³/mol. The molecule has 7 atom stereocenters. The van der Waals surface area contributed by atoms with Gasteiger partial charge in [0.25, 0.3) is 0 Å². The van der Waals surface area contributed by atoms with E-state index in [1.165, 1.54) is 12.6 Å². The monoisotopic (exact) mass is 1100 g/mol. The van der Waals surface area contributed by atoms with Gasteiger partial charge in [-0.1, -0.05) is 57.9 Å². The van der Waals surface area contributed by atoms with E-state index in [4.69, 9.17) is 37.9 Å². The molecule has 21 heteroatoms. The van der Waals surface area contributed by atoms with Crippen LogP contribution in [0.3, 0.4) is 0 Å². The first kappa shape index (κ1) is 60.8. The van der Waals surface area contributed by atoms with Crippen LogP contribution >= 0.6 is 15.9 Å². The van der Waals surface area contributed by atoms with Gasteiger partial charge in [-0.25, -0.2) is 26.8 Å². The van der Waals surface area contributed by atoms with Crippen molar-refractivity contribution in [1.29, 1.82) is 0 Å². The van der Waals surface area contributed by atoms with Gasteiger partial charge >= 0.3 is 18.9 Å². The van der Waals surface area contributed by atoms with Gasteiger partial charge in [0.15, 0.2) is 11.6 Å². The quantitative estimate of drug-likeness (QED) is 0.0750. The number of methoxy groups -OCH3 is 2. The molecular formula is C51H71BrLiN5O12S2. The van der Waals surface area contributed by atoms with E-state index in [1.54, 1.807) is 20.4 Å². The van der Waals surface area contributed by atoms with E-state index in [0.29, 0.717) is 10.4 Å². The minimum Gasteiger partial charge on any atom is -0.497 e. The molecule has 0 spiro atoms. The number of rotatable bonds is 14. The number of unbranched alkanes of at least 4 members (excludes halogenated alkanes) is 1. The molecular weight excluding hydrogens is 1030 g/mol. The van der Waals surface area contributed by atoms with Crippen LogP contribution in [-0.2, 0) is 51.8 Å². The largest absolute Gasteiger partial charge is 1.00 e. The molecule has 2 aromatic carbocycles. The third kappa shape index (κ3) is 15.4. The summed E-state index contributed by atoms with van der Waals surface area (Å²) in [6.07, 6.45) is 12.0. The average molecular weight is 1100 g/mol. The first-order chi connectivity index (χ1) is 33.2. The summed E-state index contributed by atoms with van der Waals surface area (Å²) in [4.78, 5) is 20.5. The molecule has 2 saturated heterocycles. The summed E-state index contributed by atoms with van der Waals surface area (Å²) < 4.78 is 93.9.